The summed E-state index contributed by atoms with van der Waals surface area (Å²) in [6, 6.07) is -1.40. The monoisotopic (exact) mass is 616 g/mol. The molecule has 4 heterocycles. The third-order valence-corrected chi connectivity index (χ3v) is 7.25. The van der Waals surface area contributed by atoms with Crippen molar-refractivity contribution in [3.63, 3.8) is 0 Å². The molecule has 0 spiro atoms. The fourth-order valence-corrected chi connectivity index (χ4v) is 4.80. The SMILES string of the molecule is COC[C@H](c1cnn2cc(C(NC(=O)c3nonc3C3CC3)[C@@H](C)O[C@@H](C)C(F)(F)F)nc2c1)N1CC(F)(F)CNC1=O. The molecule has 0 bridgehead atoms. The molecular weight excluding hydrogens is 587 g/mol. The number of amides is 3. The summed E-state index contributed by atoms with van der Waals surface area (Å²) >= 11 is 0. The van der Waals surface area contributed by atoms with Crippen molar-refractivity contribution in [2.45, 2.75) is 69.0 Å². The number of hydrogen-bond donors (Lipinski definition) is 2. The van der Waals surface area contributed by atoms with Crippen LogP contribution in [0.3, 0.4) is 0 Å². The first-order valence-corrected chi connectivity index (χ1v) is 13.4. The number of fused-ring (bicyclic) bond motifs is 1. The van der Waals surface area contributed by atoms with Crippen LogP contribution in [0.25, 0.3) is 5.65 Å². The van der Waals surface area contributed by atoms with Crippen LogP contribution < -0.4 is 10.6 Å². The van der Waals surface area contributed by atoms with Gasteiger partial charge in [0.15, 0.2) is 17.4 Å². The molecule has 1 saturated carbocycles. The Morgan fingerprint density at radius 2 is 2.02 bits per heavy atom. The van der Waals surface area contributed by atoms with E-state index in [-0.39, 0.29) is 29.6 Å². The summed E-state index contributed by atoms with van der Waals surface area (Å²) in [5.41, 5.74) is 0.834. The number of imidazole rings is 1. The van der Waals surface area contributed by atoms with Crippen molar-refractivity contribution >= 4 is 17.6 Å². The third kappa shape index (κ3) is 6.69. The van der Waals surface area contributed by atoms with Gasteiger partial charge in [0.25, 0.3) is 11.8 Å². The van der Waals surface area contributed by atoms with Gasteiger partial charge in [-0.15, -0.1) is 0 Å². The summed E-state index contributed by atoms with van der Waals surface area (Å²) in [6.45, 7) is 0.412. The predicted molar refractivity (Wildman–Crippen MR) is 135 cm³/mol. The molecular formula is C25H29F5N8O5. The van der Waals surface area contributed by atoms with Crippen molar-refractivity contribution in [3.8, 4) is 0 Å². The van der Waals surface area contributed by atoms with Gasteiger partial charge in [0.2, 0.25) is 0 Å². The number of alkyl halides is 5. The molecule has 2 fully saturated rings. The van der Waals surface area contributed by atoms with Crippen LogP contribution in [0.5, 0.6) is 0 Å². The number of hydrogen-bond acceptors (Lipinski definition) is 9. The van der Waals surface area contributed by atoms with Crippen LogP contribution >= 0.6 is 0 Å². The molecule has 234 valence electrons. The van der Waals surface area contributed by atoms with Crippen LogP contribution in [-0.2, 0) is 9.47 Å². The zero-order chi connectivity index (χ0) is 31.1. The van der Waals surface area contributed by atoms with Gasteiger partial charge in [-0.2, -0.15) is 18.3 Å². The van der Waals surface area contributed by atoms with Crippen molar-refractivity contribution in [2.75, 3.05) is 26.8 Å². The lowest BCUT2D eigenvalue weighted by atomic mass is 10.1. The smallest absolute Gasteiger partial charge is 0.382 e. The van der Waals surface area contributed by atoms with E-state index in [1.165, 1.54) is 37.0 Å². The van der Waals surface area contributed by atoms with Gasteiger partial charge in [-0.3, -0.25) is 4.79 Å². The highest BCUT2D eigenvalue weighted by atomic mass is 19.4. The first-order valence-electron chi connectivity index (χ1n) is 13.4. The minimum Gasteiger partial charge on any atom is -0.382 e. The summed E-state index contributed by atoms with van der Waals surface area (Å²) in [4.78, 5) is 31.1. The van der Waals surface area contributed by atoms with Gasteiger partial charge in [0.1, 0.15) is 5.69 Å². The van der Waals surface area contributed by atoms with E-state index in [0.717, 1.165) is 24.7 Å². The maximum absolute atomic E-state index is 14.1. The van der Waals surface area contributed by atoms with Crippen molar-refractivity contribution in [3.05, 3.63) is 41.1 Å². The number of urea groups is 1. The number of carbonyl (C=O) groups excluding carboxylic acids is 2. The summed E-state index contributed by atoms with van der Waals surface area (Å²) in [5.74, 6) is -3.92. The second kappa shape index (κ2) is 11.6. The third-order valence-electron chi connectivity index (χ3n) is 7.25. The lowest BCUT2D eigenvalue weighted by Crippen LogP contribution is -2.58. The first-order chi connectivity index (χ1) is 20.3. The topological polar surface area (TPSA) is 149 Å². The Hall–Kier alpha value is -3.93. The van der Waals surface area contributed by atoms with Crippen molar-refractivity contribution in [1.82, 2.24) is 40.4 Å². The van der Waals surface area contributed by atoms with E-state index in [1.54, 1.807) is 0 Å². The van der Waals surface area contributed by atoms with E-state index < -0.39 is 61.4 Å². The summed E-state index contributed by atoms with van der Waals surface area (Å²) in [7, 11) is 1.35. The van der Waals surface area contributed by atoms with Gasteiger partial charge in [-0.05, 0) is 37.9 Å². The molecule has 2 aliphatic rings. The van der Waals surface area contributed by atoms with Gasteiger partial charge >= 0.3 is 12.2 Å². The van der Waals surface area contributed by atoms with E-state index in [2.05, 4.69) is 31.0 Å². The molecule has 3 amide bonds. The molecule has 43 heavy (non-hydrogen) atoms. The maximum Gasteiger partial charge on any atom is 0.414 e. The highest BCUT2D eigenvalue weighted by molar-refractivity contribution is 5.93. The number of ether oxygens (including phenoxy) is 2. The van der Waals surface area contributed by atoms with Crippen LogP contribution in [0, 0.1) is 0 Å². The number of rotatable bonds is 11. The molecule has 1 saturated heterocycles. The predicted octanol–water partition coefficient (Wildman–Crippen LogP) is 3.16. The number of nitrogens with one attached hydrogen (secondary N) is 2. The average molecular weight is 617 g/mol. The van der Waals surface area contributed by atoms with E-state index in [1.807, 2.05) is 0 Å². The lowest BCUT2D eigenvalue weighted by molar-refractivity contribution is -0.227. The average Bonchev–Trinajstić information content (AvgIpc) is 3.50. The maximum atomic E-state index is 14.1. The Labute approximate surface area is 241 Å². The molecule has 1 aliphatic carbocycles. The molecule has 0 radical (unpaired) electrons. The normalized spacial score (nSPS) is 20.0. The largest absolute Gasteiger partial charge is 0.414 e. The van der Waals surface area contributed by atoms with Crippen LogP contribution in [0.1, 0.15) is 72.1 Å². The quantitative estimate of drug-likeness (QED) is 0.310. The van der Waals surface area contributed by atoms with Crippen LogP contribution in [0.15, 0.2) is 23.1 Å². The second-order valence-corrected chi connectivity index (χ2v) is 10.6. The molecule has 0 aromatic carbocycles. The van der Waals surface area contributed by atoms with E-state index in [0.29, 0.717) is 11.3 Å². The van der Waals surface area contributed by atoms with Crippen LogP contribution in [0.2, 0.25) is 0 Å². The minimum atomic E-state index is -4.67. The molecule has 18 heteroatoms. The van der Waals surface area contributed by atoms with Crippen molar-refractivity contribution in [2.24, 2.45) is 0 Å². The van der Waals surface area contributed by atoms with Crippen molar-refractivity contribution < 1.29 is 45.6 Å². The summed E-state index contributed by atoms with van der Waals surface area (Å²) < 4.78 is 84.7. The molecule has 4 atom stereocenters. The minimum absolute atomic E-state index is 0.00386. The Bertz CT molecular complexity index is 1480. The fourth-order valence-electron chi connectivity index (χ4n) is 4.80. The number of halogens is 5. The number of nitrogens with zero attached hydrogens (tertiary/aromatic N) is 6. The van der Waals surface area contributed by atoms with Crippen molar-refractivity contribution in [1.29, 1.82) is 0 Å². The Morgan fingerprint density at radius 1 is 1.28 bits per heavy atom. The zero-order valence-electron chi connectivity index (χ0n) is 23.3. The van der Waals surface area contributed by atoms with E-state index in [4.69, 9.17) is 14.1 Å². The molecule has 13 nitrogen and oxygen atoms in total. The highest BCUT2D eigenvalue weighted by Crippen LogP contribution is 2.40. The van der Waals surface area contributed by atoms with Crippen LogP contribution in [0.4, 0.5) is 26.7 Å². The number of carbonyl (C=O) groups is 2. The molecule has 2 N–H and O–H groups in total. The fraction of sp³-hybridized carbons (Fsp3) is 0.600. The number of aromatic nitrogens is 5. The van der Waals surface area contributed by atoms with E-state index in [9.17, 15) is 31.5 Å². The molecule has 1 aliphatic heterocycles. The van der Waals surface area contributed by atoms with Crippen LogP contribution in [-0.4, -0.2) is 92.9 Å². The standard InChI is InChI=1S/C25H29F5N8O5/c1-12(42-13(2)25(28,29)30)19(34-22(39)21-20(14-4-5-14)35-43-36-21)16-8-38-18(33-16)6-15(7-32-38)17(9-41-3)37-11-24(26,27)10-31-23(37)40/h6-8,12-14,17,19H,4-5,9-11H2,1-3H3,(H,31,40)(H,34,39)/t12-,13+,17-,19?/m1/s1. The van der Waals surface area contributed by atoms with Gasteiger partial charge in [-0.1, -0.05) is 5.16 Å². The summed E-state index contributed by atoms with van der Waals surface area (Å²) in [5, 5.41) is 16.5. The molecule has 3 aromatic heterocycles. The Kier molecular flexibility index (Phi) is 8.26. The molecule has 3 aromatic rings. The van der Waals surface area contributed by atoms with Gasteiger partial charge < -0.3 is 25.0 Å². The number of methoxy groups -OCH3 is 1. The lowest BCUT2D eigenvalue weighted by Gasteiger charge is -2.38. The summed E-state index contributed by atoms with van der Waals surface area (Å²) in [6.07, 6.45) is -3.76. The first kappa shape index (κ1) is 30.5. The highest BCUT2D eigenvalue weighted by Gasteiger charge is 2.43. The Morgan fingerprint density at radius 3 is 2.70 bits per heavy atom. The molecule has 5 rings (SSSR count). The molecule has 1 unspecified atom stereocenters. The Balaban J connectivity index is 1.46. The van der Waals surface area contributed by atoms with E-state index >= 15 is 0 Å². The van der Waals surface area contributed by atoms with Gasteiger partial charge in [0.05, 0.1) is 56.0 Å². The second-order valence-electron chi connectivity index (χ2n) is 10.6. The van der Waals surface area contributed by atoms with Gasteiger partial charge in [-0.25, -0.2) is 27.7 Å². The van der Waals surface area contributed by atoms with Gasteiger partial charge in [0, 0.05) is 18.6 Å². The zero-order valence-corrected chi connectivity index (χ0v) is 23.3.